The number of nitrogen functional groups attached to an aromatic ring is 1. The summed E-state index contributed by atoms with van der Waals surface area (Å²) in [7, 11) is 0. The van der Waals surface area contributed by atoms with Gasteiger partial charge in [0.1, 0.15) is 11.6 Å². The molecule has 3 rings (SSSR count). The number of halogens is 2. The minimum absolute atomic E-state index is 0.108. The van der Waals surface area contributed by atoms with E-state index in [4.69, 9.17) is 22.1 Å². The average Bonchev–Trinajstić information content (AvgIpc) is 2.80. The summed E-state index contributed by atoms with van der Waals surface area (Å²) in [5.74, 6) is 1.16. The van der Waals surface area contributed by atoms with Crippen LogP contribution in [0.5, 0.6) is 5.75 Å². The second-order valence-electron chi connectivity index (χ2n) is 7.09. The molecule has 0 aliphatic rings. The number of rotatable bonds is 10. The molecule has 0 spiro atoms. The lowest BCUT2D eigenvalue weighted by Gasteiger charge is -2.21. The summed E-state index contributed by atoms with van der Waals surface area (Å²) >= 11 is 9.28. The van der Waals surface area contributed by atoms with Gasteiger partial charge in [-0.15, -0.1) is 0 Å². The highest BCUT2D eigenvalue weighted by molar-refractivity contribution is 9.10. The highest BCUT2D eigenvalue weighted by atomic mass is 79.9. The Labute approximate surface area is 200 Å². The Morgan fingerprint density at radius 1 is 1.25 bits per heavy atom. The van der Waals surface area contributed by atoms with E-state index in [0.717, 1.165) is 30.4 Å². The number of nitrogens with one attached hydrogen (secondary N) is 1. The summed E-state index contributed by atoms with van der Waals surface area (Å²) < 4.78 is 6.65. The number of unbranched alkanes of at least 4 members (excludes halogenated alkanes) is 1. The largest absolute Gasteiger partial charge is 0.493 e. The summed E-state index contributed by atoms with van der Waals surface area (Å²) in [4.78, 5) is 8.08. The van der Waals surface area contributed by atoms with Crippen LogP contribution in [0.25, 0.3) is 0 Å². The van der Waals surface area contributed by atoms with Gasteiger partial charge in [-0.2, -0.15) is 10.2 Å². The number of benzene rings is 2. The number of para-hydroxylation sites is 1. The van der Waals surface area contributed by atoms with Gasteiger partial charge in [0.2, 0.25) is 5.28 Å². The summed E-state index contributed by atoms with van der Waals surface area (Å²) in [6.07, 6.45) is 3.96. The summed E-state index contributed by atoms with van der Waals surface area (Å²) in [5, 5.41) is 22.5. The average molecular weight is 517 g/mol. The summed E-state index contributed by atoms with van der Waals surface area (Å²) in [5.41, 5.74) is 8.90. The van der Waals surface area contributed by atoms with E-state index in [-0.39, 0.29) is 11.9 Å². The monoisotopic (exact) mass is 515 g/mol. The van der Waals surface area contributed by atoms with Crippen molar-refractivity contribution in [2.45, 2.75) is 25.3 Å². The van der Waals surface area contributed by atoms with E-state index in [1.807, 2.05) is 30.3 Å². The lowest BCUT2D eigenvalue weighted by molar-refractivity contribution is 0.265. The Hall–Kier alpha value is -2.86. The first-order chi connectivity index (χ1) is 15.5. The number of nitrogens with zero attached hydrogens (tertiary/aromatic N) is 3. The van der Waals surface area contributed by atoms with Gasteiger partial charge in [0.05, 0.1) is 35.4 Å². The Morgan fingerprint density at radius 3 is 2.84 bits per heavy atom. The molecule has 0 saturated heterocycles. The number of aromatic nitrogens is 2. The van der Waals surface area contributed by atoms with Gasteiger partial charge in [-0.05, 0) is 76.6 Å². The zero-order valence-corrected chi connectivity index (χ0v) is 19.6. The van der Waals surface area contributed by atoms with Gasteiger partial charge in [-0.1, -0.05) is 18.2 Å². The van der Waals surface area contributed by atoms with Gasteiger partial charge in [0.25, 0.3) is 0 Å². The minimum Gasteiger partial charge on any atom is -0.493 e. The van der Waals surface area contributed by atoms with Gasteiger partial charge < -0.3 is 20.9 Å². The molecule has 0 aliphatic carbocycles. The lowest BCUT2D eigenvalue weighted by Crippen LogP contribution is -2.17. The number of aliphatic hydroxyl groups excluding tert-OH is 1. The number of hydrogen-bond acceptors (Lipinski definition) is 7. The lowest BCUT2D eigenvalue weighted by atomic mass is 10.0. The fraction of sp³-hybridized carbons (Fsp3) is 0.261. The van der Waals surface area contributed by atoms with Crippen LogP contribution in [0, 0.1) is 11.3 Å². The van der Waals surface area contributed by atoms with Crippen LogP contribution in [0.4, 0.5) is 11.5 Å². The molecule has 0 fully saturated rings. The van der Waals surface area contributed by atoms with Gasteiger partial charge in [-0.3, -0.25) is 0 Å². The minimum atomic E-state index is -0.445. The topological polar surface area (TPSA) is 117 Å². The Bertz CT molecular complexity index is 1110. The zero-order valence-electron chi connectivity index (χ0n) is 17.3. The van der Waals surface area contributed by atoms with E-state index >= 15 is 0 Å². The Morgan fingerprint density at radius 2 is 2.06 bits per heavy atom. The second-order valence-corrected chi connectivity index (χ2v) is 8.28. The van der Waals surface area contributed by atoms with Crippen molar-refractivity contribution in [3.8, 4) is 11.8 Å². The highest BCUT2D eigenvalue weighted by Gasteiger charge is 2.17. The maximum absolute atomic E-state index is 9.99. The molecule has 9 heteroatoms. The normalized spacial score (nSPS) is 11.6. The molecular formula is C23H23BrClN5O2. The fourth-order valence-electron chi connectivity index (χ4n) is 3.26. The molecule has 1 atom stereocenters. The van der Waals surface area contributed by atoms with Crippen LogP contribution in [0.1, 0.15) is 35.6 Å². The third-order valence-corrected chi connectivity index (χ3v) is 5.61. The Balaban J connectivity index is 1.61. The van der Waals surface area contributed by atoms with E-state index in [9.17, 15) is 10.4 Å². The molecule has 7 nitrogen and oxygen atoms in total. The smallest absolute Gasteiger partial charge is 0.224 e. The molecule has 1 aromatic heterocycles. The van der Waals surface area contributed by atoms with Gasteiger partial charge in [0.15, 0.2) is 0 Å². The SMILES string of the molecule is N#Cc1ccc(N)cc1CCCCOc1ccccc1C(CO)Nc1nc(Cl)ncc1Br. The number of hydrogen-bond donors (Lipinski definition) is 3. The fourth-order valence-corrected chi connectivity index (χ4v) is 3.70. The van der Waals surface area contributed by atoms with Gasteiger partial charge >= 0.3 is 0 Å². The number of ether oxygens (including phenoxy) is 1. The number of nitriles is 1. The van der Waals surface area contributed by atoms with Crippen molar-refractivity contribution in [1.82, 2.24) is 9.97 Å². The van der Waals surface area contributed by atoms with Crippen LogP contribution in [0.2, 0.25) is 5.28 Å². The van der Waals surface area contributed by atoms with Crippen molar-refractivity contribution in [3.05, 3.63) is 75.1 Å². The first-order valence-corrected chi connectivity index (χ1v) is 11.2. The van der Waals surface area contributed by atoms with Crippen LogP contribution < -0.4 is 15.8 Å². The van der Waals surface area contributed by atoms with Gasteiger partial charge in [0, 0.05) is 17.4 Å². The maximum Gasteiger partial charge on any atom is 0.224 e. The van der Waals surface area contributed by atoms with Crippen molar-refractivity contribution in [3.63, 3.8) is 0 Å². The van der Waals surface area contributed by atoms with Crippen LogP contribution >= 0.6 is 27.5 Å². The first kappa shape index (κ1) is 23.8. The number of aryl methyl sites for hydroxylation is 1. The van der Waals surface area contributed by atoms with Crippen LogP contribution in [0.15, 0.2) is 53.1 Å². The molecule has 1 heterocycles. The molecule has 0 bridgehead atoms. The van der Waals surface area contributed by atoms with E-state index in [1.165, 1.54) is 0 Å². The quantitative estimate of drug-likeness (QED) is 0.199. The van der Waals surface area contributed by atoms with Crippen molar-refractivity contribution in [2.75, 3.05) is 24.3 Å². The number of nitrogens with two attached hydrogens (primary N) is 1. The van der Waals surface area contributed by atoms with E-state index in [2.05, 4.69) is 37.3 Å². The van der Waals surface area contributed by atoms with Crippen LogP contribution in [0.3, 0.4) is 0 Å². The molecule has 166 valence electrons. The molecule has 0 radical (unpaired) electrons. The first-order valence-electron chi connectivity index (χ1n) is 10.1. The molecule has 3 aromatic rings. The van der Waals surface area contributed by atoms with Crippen molar-refractivity contribution >= 4 is 39.0 Å². The molecule has 32 heavy (non-hydrogen) atoms. The third-order valence-electron chi connectivity index (χ3n) is 4.85. The zero-order chi connectivity index (χ0) is 22.9. The van der Waals surface area contributed by atoms with Gasteiger partial charge in [-0.25, -0.2) is 4.98 Å². The molecule has 0 amide bonds. The standard InChI is InChI=1S/C23H23BrClN5O2/c24-19-13-28-23(25)30-22(19)29-20(14-31)18-6-1-2-7-21(18)32-10-4-3-5-15-11-17(27)9-8-16(15)12-26/h1-2,6-9,11,13,20,31H,3-5,10,14,27H2,(H,28,29,30). The van der Waals surface area contributed by atoms with Crippen LogP contribution in [-0.4, -0.2) is 28.3 Å². The summed E-state index contributed by atoms with van der Waals surface area (Å²) in [6.45, 7) is 0.337. The van der Waals surface area contributed by atoms with Crippen LogP contribution in [-0.2, 0) is 6.42 Å². The molecule has 0 aliphatic heterocycles. The van der Waals surface area contributed by atoms with E-state index < -0.39 is 6.04 Å². The number of aliphatic hydroxyl groups is 1. The molecular weight excluding hydrogens is 494 g/mol. The molecule has 0 saturated carbocycles. The Kier molecular flexibility index (Phi) is 8.68. The van der Waals surface area contributed by atoms with Crippen molar-refractivity contribution in [1.29, 1.82) is 5.26 Å². The molecule has 4 N–H and O–H groups in total. The third kappa shape index (κ3) is 6.33. The predicted molar refractivity (Wildman–Crippen MR) is 129 cm³/mol. The van der Waals surface area contributed by atoms with E-state index in [1.54, 1.807) is 18.3 Å². The summed E-state index contributed by atoms with van der Waals surface area (Å²) in [6, 6.07) is 14.6. The van der Waals surface area contributed by atoms with Crippen molar-refractivity contribution in [2.24, 2.45) is 0 Å². The highest BCUT2D eigenvalue weighted by Crippen LogP contribution is 2.30. The number of anilines is 2. The van der Waals surface area contributed by atoms with Crippen molar-refractivity contribution < 1.29 is 9.84 Å². The maximum atomic E-state index is 9.99. The molecule has 1 unspecified atom stereocenters. The van der Waals surface area contributed by atoms with E-state index in [0.29, 0.717) is 33.9 Å². The predicted octanol–water partition coefficient (Wildman–Crippen LogP) is 4.89. The molecule has 2 aromatic carbocycles. The second kappa shape index (κ2) is 11.7.